The van der Waals surface area contributed by atoms with Crippen LogP contribution < -0.4 is 14.9 Å². The van der Waals surface area contributed by atoms with E-state index in [0.29, 0.717) is 12.1 Å². The van der Waals surface area contributed by atoms with Gasteiger partial charge < -0.3 is 14.5 Å². The van der Waals surface area contributed by atoms with E-state index in [0.717, 1.165) is 25.5 Å². The molecule has 0 unspecified atom stereocenters. The lowest BCUT2D eigenvalue weighted by Crippen LogP contribution is -2.17. The highest BCUT2D eigenvalue weighted by atomic mass is 32.2. The van der Waals surface area contributed by atoms with Gasteiger partial charge in [-0.25, -0.2) is 17.8 Å². The van der Waals surface area contributed by atoms with Crippen LogP contribution in [-0.4, -0.2) is 22.6 Å². The first-order valence-corrected chi connectivity index (χ1v) is 11.2. The average molecular weight is 506 g/mol. The molecule has 0 radical (unpaired) electrons. The molecule has 0 spiro atoms. The van der Waals surface area contributed by atoms with Gasteiger partial charge in [0.15, 0.2) is 17.0 Å². The third-order valence-corrected chi connectivity index (χ3v) is 5.78. The van der Waals surface area contributed by atoms with Crippen molar-refractivity contribution in [2.24, 2.45) is 0 Å². The Morgan fingerprint density at radius 2 is 1.68 bits per heavy atom. The van der Waals surface area contributed by atoms with Crippen molar-refractivity contribution in [1.29, 1.82) is 4.78 Å². The molecule has 34 heavy (non-hydrogen) atoms. The Morgan fingerprint density at radius 3 is 2.24 bits per heavy atom. The summed E-state index contributed by atoms with van der Waals surface area (Å²) in [5.41, 5.74) is -3.44. The lowest BCUT2D eigenvalue weighted by molar-refractivity contribution is -0.140. The summed E-state index contributed by atoms with van der Waals surface area (Å²) in [4.78, 5) is 14.5. The number of aromatic amines is 1. The summed E-state index contributed by atoms with van der Waals surface area (Å²) in [6.45, 7) is 1.40. The molecule has 3 aromatic rings. The normalized spacial score (nSPS) is 13.4. The number of rotatable bonds is 5. The van der Waals surface area contributed by atoms with Crippen LogP contribution in [0.4, 0.5) is 26.3 Å². The summed E-state index contributed by atoms with van der Waals surface area (Å²) in [5, 5.41) is 0. The molecule has 0 aliphatic rings. The molecule has 0 bridgehead atoms. The third-order valence-electron chi connectivity index (χ3n) is 4.59. The van der Waals surface area contributed by atoms with E-state index in [2.05, 4.69) is 4.98 Å². The fraction of sp³-hybridized carbons (Fsp3) is 0.190. The van der Waals surface area contributed by atoms with E-state index in [1.807, 2.05) is 0 Å². The molecule has 3 rings (SSSR count). The van der Waals surface area contributed by atoms with Crippen LogP contribution in [-0.2, 0) is 15.9 Å². The molecule has 0 fully saturated rings. The average Bonchev–Trinajstić information content (AvgIpc) is 2.69. The molecule has 1 atom stereocenters. The maximum absolute atomic E-state index is 14.5. The van der Waals surface area contributed by atoms with Crippen molar-refractivity contribution in [2.75, 3.05) is 13.4 Å². The summed E-state index contributed by atoms with van der Waals surface area (Å²) in [6, 6.07) is 3.13. The Hall–Kier alpha value is -3.48. The quantitative estimate of drug-likeness (QED) is 0.439. The molecule has 0 aliphatic heterocycles. The minimum atomic E-state index is -5.17. The zero-order chi connectivity index (χ0) is 25.6. The molecule has 0 saturated carbocycles. The van der Waals surface area contributed by atoms with Gasteiger partial charge in [-0.3, -0.25) is 4.79 Å². The molecule has 13 heteroatoms. The zero-order valence-corrected chi connectivity index (χ0v) is 18.5. The predicted molar refractivity (Wildman–Crippen MR) is 110 cm³/mol. The molecular weight excluding hydrogens is 490 g/mol. The first-order chi connectivity index (χ1) is 15.6. The highest BCUT2D eigenvalue weighted by Crippen LogP contribution is 2.43. The van der Waals surface area contributed by atoms with Gasteiger partial charge >= 0.3 is 6.18 Å². The number of pyridine rings is 1. The van der Waals surface area contributed by atoms with E-state index >= 15 is 0 Å². The Labute approximate surface area is 189 Å². The predicted octanol–water partition coefficient (Wildman–Crippen LogP) is 5.62. The molecule has 2 aromatic carbocycles. The highest BCUT2D eigenvalue weighted by molar-refractivity contribution is 7.91. The summed E-state index contributed by atoms with van der Waals surface area (Å²) >= 11 is 0. The maximum atomic E-state index is 14.5. The monoisotopic (exact) mass is 506 g/mol. The summed E-state index contributed by atoms with van der Waals surface area (Å²) in [5.74, 6) is -6.70. The number of aromatic nitrogens is 1. The van der Waals surface area contributed by atoms with Crippen molar-refractivity contribution < 1.29 is 40.0 Å². The Bertz CT molecular complexity index is 1450. The maximum Gasteiger partial charge on any atom is 0.419 e. The van der Waals surface area contributed by atoms with Crippen LogP contribution in [0.5, 0.6) is 17.2 Å². The number of methoxy groups -OCH3 is 1. The Morgan fingerprint density at radius 1 is 1.03 bits per heavy atom. The number of halogens is 6. The largest absolute Gasteiger partial charge is 0.490 e. The number of nitrogens with one attached hydrogen (secondary N) is 2. The van der Waals surface area contributed by atoms with Gasteiger partial charge in [0.25, 0.3) is 0 Å². The number of alkyl halides is 3. The fourth-order valence-corrected chi connectivity index (χ4v) is 4.20. The third kappa shape index (κ3) is 4.74. The second-order valence-electron chi connectivity index (χ2n) is 7.19. The van der Waals surface area contributed by atoms with Crippen LogP contribution in [0.25, 0.3) is 11.3 Å². The summed E-state index contributed by atoms with van der Waals surface area (Å²) in [6.07, 6.45) is -4.27. The van der Waals surface area contributed by atoms with Crippen molar-refractivity contribution >= 4 is 9.73 Å². The van der Waals surface area contributed by atoms with E-state index in [9.17, 15) is 35.3 Å². The van der Waals surface area contributed by atoms with Crippen LogP contribution in [0.3, 0.4) is 0 Å². The molecule has 0 aliphatic carbocycles. The molecular formula is C21H16F6N2O4S. The molecule has 0 amide bonds. The van der Waals surface area contributed by atoms with Gasteiger partial charge in [-0.05, 0) is 31.2 Å². The Kier molecular flexibility index (Phi) is 6.44. The van der Waals surface area contributed by atoms with E-state index in [-0.39, 0.29) is 11.8 Å². The molecule has 1 aromatic heterocycles. The highest BCUT2D eigenvalue weighted by Gasteiger charge is 2.36. The van der Waals surface area contributed by atoms with Crippen LogP contribution in [0, 0.1) is 29.2 Å². The molecule has 1 heterocycles. The minimum Gasteiger partial charge on any atom is -0.490 e. The SMILES string of the molecule is COc1c(Oc2cc(C(F)(F)F)c(F)cc2-c2[nH]c(C)cc(=O)c2[S@@](C)(=N)=O)ccc(F)c1F. The van der Waals surface area contributed by atoms with Crippen LogP contribution >= 0.6 is 0 Å². The first kappa shape index (κ1) is 25.1. The Balaban J connectivity index is 2.41. The van der Waals surface area contributed by atoms with Gasteiger partial charge in [0.2, 0.25) is 11.6 Å². The number of aryl methyl sites for hydroxylation is 1. The number of hydrogen-bond acceptors (Lipinski definition) is 5. The van der Waals surface area contributed by atoms with Crippen molar-refractivity contribution in [2.45, 2.75) is 18.0 Å². The van der Waals surface area contributed by atoms with Crippen molar-refractivity contribution in [1.82, 2.24) is 4.98 Å². The van der Waals surface area contributed by atoms with Gasteiger partial charge in [0.1, 0.15) is 16.5 Å². The van der Waals surface area contributed by atoms with Crippen LogP contribution in [0.1, 0.15) is 11.3 Å². The van der Waals surface area contributed by atoms with E-state index in [1.54, 1.807) is 0 Å². The van der Waals surface area contributed by atoms with Crippen molar-refractivity contribution in [3.63, 3.8) is 0 Å². The van der Waals surface area contributed by atoms with E-state index < -0.39 is 77.8 Å². The number of benzene rings is 2. The van der Waals surface area contributed by atoms with Gasteiger partial charge in [0, 0.05) is 23.6 Å². The van der Waals surface area contributed by atoms with Crippen LogP contribution in [0.2, 0.25) is 0 Å². The number of H-pyrrole nitrogens is 1. The summed E-state index contributed by atoms with van der Waals surface area (Å²) in [7, 11) is -2.82. The van der Waals surface area contributed by atoms with E-state index in [1.165, 1.54) is 6.92 Å². The van der Waals surface area contributed by atoms with Gasteiger partial charge in [-0.1, -0.05) is 0 Å². The molecule has 2 N–H and O–H groups in total. The zero-order valence-electron chi connectivity index (χ0n) is 17.7. The van der Waals surface area contributed by atoms with Gasteiger partial charge in [-0.2, -0.15) is 17.6 Å². The fourth-order valence-electron chi connectivity index (χ4n) is 3.21. The second kappa shape index (κ2) is 8.70. The topological polar surface area (TPSA) is 92.2 Å². The molecule has 6 nitrogen and oxygen atoms in total. The lowest BCUT2D eigenvalue weighted by Gasteiger charge is -2.19. The minimum absolute atomic E-state index is 0.157. The van der Waals surface area contributed by atoms with Crippen molar-refractivity contribution in [3.8, 4) is 28.5 Å². The lowest BCUT2D eigenvalue weighted by atomic mass is 10.0. The number of hydrogen-bond donors (Lipinski definition) is 2. The van der Waals surface area contributed by atoms with Crippen LogP contribution in [0.15, 0.2) is 40.0 Å². The van der Waals surface area contributed by atoms with Gasteiger partial charge in [-0.15, -0.1) is 0 Å². The number of ether oxygens (including phenoxy) is 2. The second-order valence-corrected chi connectivity index (χ2v) is 9.28. The summed E-state index contributed by atoms with van der Waals surface area (Å²) < 4.78 is 113. The molecule has 0 saturated heterocycles. The first-order valence-electron chi connectivity index (χ1n) is 9.23. The van der Waals surface area contributed by atoms with Gasteiger partial charge in [0.05, 0.1) is 28.1 Å². The smallest absolute Gasteiger partial charge is 0.419 e. The standard InChI is InChI=1S/C21H16F6N2O4S/c1-9-6-14(30)20(34(3,28)31)18(29-9)10-7-13(23)11(21(25,26)27)8-16(10)33-15-5-4-12(22)17(24)19(15)32-2/h4-8,28H,1-3H3,(H,29,30)/t34-/m0/s1. The van der Waals surface area contributed by atoms with Crippen molar-refractivity contribution in [3.05, 3.63) is 69.3 Å². The van der Waals surface area contributed by atoms with E-state index in [4.69, 9.17) is 14.3 Å². The molecule has 182 valence electrons.